The molecule has 1 aromatic carbocycles. The van der Waals surface area contributed by atoms with Crippen LogP contribution in [0.15, 0.2) is 24.4 Å². The van der Waals surface area contributed by atoms with Gasteiger partial charge in [0.15, 0.2) is 0 Å². The number of hydrogen-bond donors (Lipinski definition) is 2. The second-order valence-corrected chi connectivity index (χ2v) is 3.74. The van der Waals surface area contributed by atoms with Crippen LogP contribution < -0.4 is 0 Å². The molecule has 2 rings (SSSR count). The van der Waals surface area contributed by atoms with Crippen molar-refractivity contribution in [3.05, 3.63) is 35.0 Å². The molecule has 2 N–H and O–H groups in total. The smallest absolute Gasteiger partial charge is 0.0808 e. The molecule has 0 aliphatic rings. The van der Waals surface area contributed by atoms with Gasteiger partial charge in [0.25, 0.3) is 0 Å². The van der Waals surface area contributed by atoms with Crippen LogP contribution in [0.25, 0.3) is 10.9 Å². The molecule has 1 aromatic heterocycles. The normalized spacial score (nSPS) is 13.4. The first-order valence-electron chi connectivity index (χ1n) is 4.67. The van der Waals surface area contributed by atoms with Crippen LogP contribution in [0.3, 0.4) is 0 Å². The maximum atomic E-state index is 9.74. The first-order chi connectivity index (χ1) is 6.74. The highest BCUT2D eigenvalue weighted by atomic mass is 35.5. The fraction of sp³-hybridized carbons (Fsp3) is 0.273. The zero-order chi connectivity index (χ0) is 10.1. The fourth-order valence-electron chi connectivity index (χ4n) is 1.63. The minimum Gasteiger partial charge on any atom is -0.388 e. The number of aromatic nitrogens is 1. The van der Waals surface area contributed by atoms with Gasteiger partial charge in [-0.15, -0.1) is 0 Å². The Kier molecular flexibility index (Phi) is 2.48. The van der Waals surface area contributed by atoms with Crippen LogP contribution in [0.1, 0.15) is 25.0 Å². The van der Waals surface area contributed by atoms with Crippen LogP contribution in [0.4, 0.5) is 0 Å². The lowest BCUT2D eigenvalue weighted by Gasteiger charge is -2.05. The molecule has 3 heteroatoms. The second kappa shape index (κ2) is 3.64. The van der Waals surface area contributed by atoms with E-state index in [0.717, 1.165) is 16.5 Å². The summed E-state index contributed by atoms with van der Waals surface area (Å²) in [4.78, 5) is 3.08. The molecule has 2 nitrogen and oxygen atoms in total. The first-order valence-corrected chi connectivity index (χ1v) is 5.05. The maximum Gasteiger partial charge on any atom is 0.0808 e. The number of rotatable bonds is 2. The van der Waals surface area contributed by atoms with Crippen molar-refractivity contribution in [1.82, 2.24) is 4.98 Å². The van der Waals surface area contributed by atoms with E-state index in [1.54, 1.807) is 0 Å². The van der Waals surface area contributed by atoms with Crippen molar-refractivity contribution >= 4 is 22.5 Å². The molecular weight excluding hydrogens is 198 g/mol. The van der Waals surface area contributed by atoms with Crippen LogP contribution in [0.2, 0.25) is 5.02 Å². The molecule has 0 fully saturated rings. The number of aliphatic hydroxyl groups excluding tert-OH is 1. The Balaban J connectivity index is 2.63. The largest absolute Gasteiger partial charge is 0.388 e. The number of hydrogen-bond acceptors (Lipinski definition) is 1. The Hall–Kier alpha value is -0.990. The van der Waals surface area contributed by atoms with Crippen molar-refractivity contribution in [2.75, 3.05) is 0 Å². The molecular formula is C11H12ClNO. The van der Waals surface area contributed by atoms with Gasteiger partial charge in [0.1, 0.15) is 0 Å². The predicted molar refractivity (Wildman–Crippen MR) is 58.6 cm³/mol. The lowest BCUT2D eigenvalue weighted by atomic mass is 10.1. The highest BCUT2D eigenvalue weighted by molar-refractivity contribution is 6.35. The summed E-state index contributed by atoms with van der Waals surface area (Å²) in [6.45, 7) is 1.95. The molecule has 0 amide bonds. The lowest BCUT2D eigenvalue weighted by Crippen LogP contribution is -1.92. The summed E-state index contributed by atoms with van der Waals surface area (Å²) in [6.07, 6.45) is 2.12. The third kappa shape index (κ3) is 1.41. The van der Waals surface area contributed by atoms with Crippen molar-refractivity contribution in [3.63, 3.8) is 0 Å². The van der Waals surface area contributed by atoms with E-state index < -0.39 is 6.10 Å². The van der Waals surface area contributed by atoms with Crippen molar-refractivity contribution in [3.8, 4) is 0 Å². The van der Waals surface area contributed by atoms with Gasteiger partial charge in [-0.05, 0) is 12.5 Å². The van der Waals surface area contributed by atoms with Gasteiger partial charge in [-0.3, -0.25) is 0 Å². The SMILES string of the molecule is CC[C@@H](O)c1c[nH]c2c(Cl)cccc12. The second-order valence-electron chi connectivity index (χ2n) is 3.33. The van der Waals surface area contributed by atoms with E-state index in [0.29, 0.717) is 11.4 Å². The topological polar surface area (TPSA) is 36.0 Å². The monoisotopic (exact) mass is 209 g/mol. The first kappa shape index (κ1) is 9.56. The molecule has 2 aromatic rings. The van der Waals surface area contributed by atoms with E-state index in [1.807, 2.05) is 31.3 Å². The van der Waals surface area contributed by atoms with Gasteiger partial charge in [0.05, 0.1) is 16.6 Å². The summed E-state index contributed by atoms with van der Waals surface area (Å²) in [5.41, 5.74) is 1.82. The molecule has 0 saturated carbocycles. The Morgan fingerprint density at radius 1 is 1.50 bits per heavy atom. The number of aromatic amines is 1. The molecule has 1 atom stereocenters. The molecule has 0 saturated heterocycles. The number of nitrogens with one attached hydrogen (secondary N) is 1. The molecule has 0 radical (unpaired) electrons. The standard InChI is InChI=1S/C11H12ClNO/c1-2-10(14)8-6-13-11-7(8)4-3-5-9(11)12/h3-6,10,13-14H,2H2,1H3/t10-/m1/s1. The minimum atomic E-state index is -0.415. The van der Waals surface area contributed by atoms with E-state index in [9.17, 15) is 5.11 Å². The van der Waals surface area contributed by atoms with Crippen LogP contribution in [0.5, 0.6) is 0 Å². The third-order valence-electron chi connectivity index (χ3n) is 2.44. The van der Waals surface area contributed by atoms with Crippen LogP contribution in [-0.2, 0) is 0 Å². The van der Waals surface area contributed by atoms with E-state index in [2.05, 4.69) is 4.98 Å². The maximum absolute atomic E-state index is 9.74. The Bertz CT molecular complexity index is 449. The Labute approximate surface area is 87.5 Å². The highest BCUT2D eigenvalue weighted by Gasteiger charge is 2.11. The van der Waals surface area contributed by atoms with Gasteiger partial charge in [-0.1, -0.05) is 30.7 Å². The van der Waals surface area contributed by atoms with E-state index in [4.69, 9.17) is 11.6 Å². The molecule has 74 valence electrons. The molecule has 0 bridgehead atoms. The summed E-state index contributed by atoms with van der Waals surface area (Å²) in [7, 11) is 0. The van der Waals surface area contributed by atoms with Gasteiger partial charge < -0.3 is 10.1 Å². The number of halogens is 1. The molecule has 1 heterocycles. The summed E-state index contributed by atoms with van der Waals surface area (Å²) < 4.78 is 0. The average molecular weight is 210 g/mol. The third-order valence-corrected chi connectivity index (χ3v) is 2.76. The van der Waals surface area contributed by atoms with Crippen LogP contribution >= 0.6 is 11.6 Å². The fourth-order valence-corrected chi connectivity index (χ4v) is 1.86. The quantitative estimate of drug-likeness (QED) is 0.783. The van der Waals surface area contributed by atoms with E-state index in [1.165, 1.54) is 0 Å². The van der Waals surface area contributed by atoms with E-state index >= 15 is 0 Å². The summed E-state index contributed by atoms with van der Waals surface area (Å²) in [5.74, 6) is 0. The van der Waals surface area contributed by atoms with Gasteiger partial charge in [0, 0.05) is 17.1 Å². The number of benzene rings is 1. The van der Waals surface area contributed by atoms with Crippen LogP contribution in [0, 0.1) is 0 Å². The summed E-state index contributed by atoms with van der Waals surface area (Å²) >= 11 is 6.01. The average Bonchev–Trinajstić information content (AvgIpc) is 2.62. The van der Waals surface area contributed by atoms with Gasteiger partial charge in [-0.2, -0.15) is 0 Å². The predicted octanol–water partition coefficient (Wildman–Crippen LogP) is 3.26. The number of H-pyrrole nitrogens is 1. The van der Waals surface area contributed by atoms with Gasteiger partial charge in [-0.25, -0.2) is 0 Å². The Morgan fingerprint density at radius 3 is 3.00 bits per heavy atom. The Morgan fingerprint density at radius 2 is 2.29 bits per heavy atom. The zero-order valence-electron chi connectivity index (χ0n) is 7.92. The lowest BCUT2D eigenvalue weighted by molar-refractivity contribution is 0.175. The molecule has 0 aliphatic carbocycles. The van der Waals surface area contributed by atoms with Crippen molar-refractivity contribution < 1.29 is 5.11 Å². The van der Waals surface area contributed by atoms with Crippen molar-refractivity contribution in [1.29, 1.82) is 0 Å². The van der Waals surface area contributed by atoms with Gasteiger partial charge >= 0.3 is 0 Å². The molecule has 14 heavy (non-hydrogen) atoms. The zero-order valence-corrected chi connectivity index (χ0v) is 8.67. The summed E-state index contributed by atoms with van der Waals surface area (Å²) in [5, 5.41) is 11.4. The van der Waals surface area contributed by atoms with Crippen molar-refractivity contribution in [2.45, 2.75) is 19.4 Å². The molecule has 0 aliphatic heterocycles. The number of fused-ring (bicyclic) bond motifs is 1. The molecule has 0 unspecified atom stereocenters. The number of aliphatic hydroxyl groups is 1. The minimum absolute atomic E-state index is 0.415. The van der Waals surface area contributed by atoms with Crippen LogP contribution in [-0.4, -0.2) is 10.1 Å². The summed E-state index contributed by atoms with van der Waals surface area (Å²) in [6, 6.07) is 5.69. The van der Waals surface area contributed by atoms with Crippen molar-refractivity contribution in [2.24, 2.45) is 0 Å². The molecule has 0 spiro atoms. The van der Waals surface area contributed by atoms with E-state index in [-0.39, 0.29) is 0 Å². The highest BCUT2D eigenvalue weighted by Crippen LogP contribution is 2.29. The number of para-hydroxylation sites is 1. The van der Waals surface area contributed by atoms with Gasteiger partial charge in [0.2, 0.25) is 0 Å².